The Kier molecular flexibility index (Phi) is 4.37. The number of nitrogens with two attached hydrogens (primary N) is 1. The van der Waals surface area contributed by atoms with E-state index >= 15 is 0 Å². The Morgan fingerprint density at radius 3 is 2.59 bits per heavy atom. The van der Waals surface area contributed by atoms with Gasteiger partial charge in [0, 0.05) is 17.6 Å². The summed E-state index contributed by atoms with van der Waals surface area (Å²) in [5.74, 6) is 0.312. The van der Waals surface area contributed by atoms with Crippen LogP contribution in [0, 0.1) is 13.8 Å². The van der Waals surface area contributed by atoms with E-state index in [0.29, 0.717) is 16.3 Å². The van der Waals surface area contributed by atoms with Crippen molar-refractivity contribution < 1.29 is 9.53 Å². The van der Waals surface area contributed by atoms with Gasteiger partial charge in [-0.3, -0.25) is 4.79 Å². The Hall–Kier alpha value is -1.26. The monoisotopic (exact) mass is 256 g/mol. The molecule has 1 aromatic rings. The van der Waals surface area contributed by atoms with Crippen molar-refractivity contribution in [3.63, 3.8) is 0 Å². The first-order valence-electron chi connectivity index (χ1n) is 5.24. The van der Waals surface area contributed by atoms with Gasteiger partial charge in [-0.1, -0.05) is 11.6 Å². The van der Waals surface area contributed by atoms with Crippen LogP contribution in [0.25, 0.3) is 0 Å². The van der Waals surface area contributed by atoms with Gasteiger partial charge < -0.3 is 15.8 Å². The number of carbonyl (C=O) groups is 1. The van der Waals surface area contributed by atoms with Crippen LogP contribution in [0.4, 0.5) is 0 Å². The van der Waals surface area contributed by atoms with E-state index < -0.39 is 6.04 Å². The lowest BCUT2D eigenvalue weighted by Crippen LogP contribution is -2.32. The van der Waals surface area contributed by atoms with Crippen LogP contribution in [0.5, 0.6) is 5.75 Å². The predicted octanol–water partition coefficient (Wildman–Crippen LogP) is 1.71. The number of methoxy groups -OCH3 is 1. The van der Waals surface area contributed by atoms with Crippen LogP contribution in [0.3, 0.4) is 0 Å². The van der Waals surface area contributed by atoms with Crippen molar-refractivity contribution in [2.45, 2.75) is 19.9 Å². The number of aryl methyl sites for hydroxylation is 1. The summed E-state index contributed by atoms with van der Waals surface area (Å²) in [6.45, 7) is 3.71. The van der Waals surface area contributed by atoms with E-state index in [2.05, 4.69) is 5.32 Å². The van der Waals surface area contributed by atoms with Crippen molar-refractivity contribution in [2.24, 2.45) is 5.73 Å². The van der Waals surface area contributed by atoms with Crippen molar-refractivity contribution in [3.8, 4) is 5.75 Å². The zero-order chi connectivity index (χ0) is 13.2. The number of nitrogens with one attached hydrogen (secondary N) is 1. The third kappa shape index (κ3) is 2.53. The zero-order valence-corrected chi connectivity index (χ0v) is 11.2. The van der Waals surface area contributed by atoms with E-state index in [9.17, 15) is 4.79 Å². The van der Waals surface area contributed by atoms with E-state index in [-0.39, 0.29) is 5.91 Å². The molecule has 1 atom stereocenters. The summed E-state index contributed by atoms with van der Waals surface area (Å²) in [6.07, 6.45) is 0. The molecule has 0 radical (unpaired) electrons. The highest BCUT2D eigenvalue weighted by molar-refractivity contribution is 6.32. The van der Waals surface area contributed by atoms with Gasteiger partial charge >= 0.3 is 0 Å². The third-order valence-corrected chi connectivity index (χ3v) is 3.33. The Morgan fingerprint density at radius 2 is 2.12 bits per heavy atom. The fourth-order valence-electron chi connectivity index (χ4n) is 1.78. The first-order valence-corrected chi connectivity index (χ1v) is 5.62. The second-order valence-corrected chi connectivity index (χ2v) is 4.22. The molecule has 0 aliphatic heterocycles. The number of benzene rings is 1. The molecule has 0 saturated carbocycles. The summed E-state index contributed by atoms with van der Waals surface area (Å²) < 4.78 is 5.26. The Morgan fingerprint density at radius 1 is 1.53 bits per heavy atom. The van der Waals surface area contributed by atoms with Crippen molar-refractivity contribution in [1.82, 2.24) is 5.32 Å². The second kappa shape index (κ2) is 5.38. The predicted molar refractivity (Wildman–Crippen MR) is 68.5 cm³/mol. The molecule has 3 N–H and O–H groups in total. The molecule has 0 fully saturated rings. The zero-order valence-electron chi connectivity index (χ0n) is 10.4. The van der Waals surface area contributed by atoms with Crippen LogP contribution in [-0.4, -0.2) is 20.1 Å². The summed E-state index contributed by atoms with van der Waals surface area (Å²) in [5, 5.41) is 3.12. The average molecular weight is 257 g/mol. The lowest BCUT2D eigenvalue weighted by atomic mass is 9.97. The van der Waals surface area contributed by atoms with Gasteiger partial charge in [-0.15, -0.1) is 0 Å². The largest absolute Gasteiger partial charge is 0.496 e. The number of hydrogen-bond donors (Lipinski definition) is 2. The number of hydrogen-bond acceptors (Lipinski definition) is 3. The smallest absolute Gasteiger partial charge is 0.241 e. The standard InChI is InChI=1S/C12H17ClN2O2/c1-6-5-8(17-4)9(7(2)10(6)13)11(14)12(16)15-3/h5,11H,14H2,1-4H3,(H,15,16). The Bertz CT molecular complexity index is 447. The van der Waals surface area contributed by atoms with Gasteiger partial charge in [0.1, 0.15) is 11.8 Å². The van der Waals surface area contributed by atoms with Gasteiger partial charge in [0.05, 0.1) is 7.11 Å². The number of halogens is 1. The molecular weight excluding hydrogens is 240 g/mol. The van der Waals surface area contributed by atoms with E-state index in [1.165, 1.54) is 0 Å². The molecule has 94 valence electrons. The average Bonchev–Trinajstić information content (AvgIpc) is 2.33. The van der Waals surface area contributed by atoms with Crippen molar-refractivity contribution in [2.75, 3.05) is 14.2 Å². The Balaban J connectivity index is 3.40. The molecule has 0 aliphatic carbocycles. The number of amides is 1. The van der Waals surface area contributed by atoms with Gasteiger partial charge in [-0.2, -0.15) is 0 Å². The summed E-state index contributed by atoms with van der Waals surface area (Å²) in [5.41, 5.74) is 8.20. The lowest BCUT2D eigenvalue weighted by molar-refractivity contribution is -0.122. The molecule has 0 bridgehead atoms. The number of ether oxygens (including phenoxy) is 1. The molecule has 0 aliphatic rings. The fourth-order valence-corrected chi connectivity index (χ4v) is 1.93. The minimum atomic E-state index is -0.784. The molecule has 4 nitrogen and oxygen atoms in total. The molecule has 1 unspecified atom stereocenters. The van der Waals surface area contributed by atoms with Gasteiger partial charge in [-0.25, -0.2) is 0 Å². The van der Waals surface area contributed by atoms with Gasteiger partial charge in [0.25, 0.3) is 0 Å². The van der Waals surface area contributed by atoms with Crippen molar-refractivity contribution in [3.05, 3.63) is 27.8 Å². The van der Waals surface area contributed by atoms with Crippen molar-refractivity contribution >= 4 is 17.5 Å². The van der Waals surface area contributed by atoms with Gasteiger partial charge in [0.15, 0.2) is 0 Å². The van der Waals surface area contributed by atoms with E-state index in [1.54, 1.807) is 20.2 Å². The number of likely N-dealkylation sites (N-methyl/N-ethyl adjacent to an activating group) is 1. The topological polar surface area (TPSA) is 64.4 Å². The van der Waals surface area contributed by atoms with E-state index in [1.807, 2.05) is 13.8 Å². The SMILES string of the molecule is CNC(=O)C(N)c1c(OC)cc(C)c(Cl)c1C. The van der Waals surface area contributed by atoms with Crippen LogP contribution in [-0.2, 0) is 4.79 Å². The van der Waals surface area contributed by atoms with E-state index in [4.69, 9.17) is 22.1 Å². The van der Waals surface area contributed by atoms with Crippen LogP contribution >= 0.6 is 11.6 Å². The molecule has 0 saturated heterocycles. The molecular formula is C12H17ClN2O2. The maximum atomic E-state index is 11.6. The summed E-state index contributed by atoms with van der Waals surface area (Å²) in [6, 6.07) is 1.00. The summed E-state index contributed by atoms with van der Waals surface area (Å²) >= 11 is 6.16. The van der Waals surface area contributed by atoms with Crippen LogP contribution < -0.4 is 15.8 Å². The minimum Gasteiger partial charge on any atom is -0.496 e. The summed E-state index contributed by atoms with van der Waals surface area (Å²) in [4.78, 5) is 11.6. The molecule has 0 heterocycles. The summed E-state index contributed by atoms with van der Waals surface area (Å²) in [7, 11) is 3.09. The maximum absolute atomic E-state index is 11.6. The molecule has 0 aromatic heterocycles. The Labute approximate surface area is 106 Å². The molecule has 5 heteroatoms. The minimum absolute atomic E-state index is 0.272. The molecule has 1 amide bonds. The highest BCUT2D eigenvalue weighted by atomic mass is 35.5. The lowest BCUT2D eigenvalue weighted by Gasteiger charge is -2.19. The first-order chi connectivity index (χ1) is 7.93. The quantitative estimate of drug-likeness (QED) is 0.865. The van der Waals surface area contributed by atoms with Gasteiger partial charge in [-0.05, 0) is 31.0 Å². The van der Waals surface area contributed by atoms with E-state index in [0.717, 1.165) is 11.1 Å². The molecule has 1 aromatic carbocycles. The van der Waals surface area contributed by atoms with Crippen LogP contribution in [0.1, 0.15) is 22.7 Å². The third-order valence-electron chi connectivity index (χ3n) is 2.75. The fraction of sp³-hybridized carbons (Fsp3) is 0.417. The van der Waals surface area contributed by atoms with Crippen molar-refractivity contribution in [1.29, 1.82) is 0 Å². The highest BCUT2D eigenvalue weighted by Gasteiger charge is 2.23. The molecule has 1 rings (SSSR count). The number of carbonyl (C=O) groups excluding carboxylic acids is 1. The highest BCUT2D eigenvalue weighted by Crippen LogP contribution is 2.34. The normalized spacial score (nSPS) is 12.1. The van der Waals surface area contributed by atoms with Crippen LogP contribution in [0.2, 0.25) is 5.02 Å². The van der Waals surface area contributed by atoms with Crippen LogP contribution in [0.15, 0.2) is 6.07 Å². The first kappa shape index (κ1) is 13.8. The molecule has 0 spiro atoms. The molecule has 17 heavy (non-hydrogen) atoms. The number of rotatable bonds is 3. The maximum Gasteiger partial charge on any atom is 0.241 e. The van der Waals surface area contributed by atoms with Gasteiger partial charge in [0.2, 0.25) is 5.91 Å². The second-order valence-electron chi connectivity index (χ2n) is 3.84.